The summed E-state index contributed by atoms with van der Waals surface area (Å²) in [6.45, 7) is 14.8. The monoisotopic (exact) mass is 626 g/mol. The van der Waals surface area contributed by atoms with Crippen molar-refractivity contribution in [3.05, 3.63) is 46.6 Å². The summed E-state index contributed by atoms with van der Waals surface area (Å²) >= 11 is 0. The van der Waals surface area contributed by atoms with E-state index in [0.717, 1.165) is 11.1 Å². The smallest absolute Gasteiger partial charge is 0.177 e. The van der Waals surface area contributed by atoms with E-state index in [2.05, 4.69) is 0 Å². The molecule has 0 N–H and O–H groups in total. The summed E-state index contributed by atoms with van der Waals surface area (Å²) in [5.41, 5.74) is 1.90. The number of allylic oxidation sites excluding steroid dienone is 8. The van der Waals surface area contributed by atoms with Crippen molar-refractivity contribution in [1.29, 1.82) is 0 Å². The summed E-state index contributed by atoms with van der Waals surface area (Å²) in [4.78, 5) is 26.7. The lowest BCUT2D eigenvalue weighted by atomic mass is 9.73. The van der Waals surface area contributed by atoms with Gasteiger partial charge in [0.05, 0.1) is 37.9 Å². The molecule has 0 heterocycles. The van der Waals surface area contributed by atoms with E-state index in [-0.39, 0.29) is 62.3 Å². The molecule has 8 nitrogen and oxygen atoms in total. The number of carbonyl (C=O) groups excluding carboxylic acids is 2. The van der Waals surface area contributed by atoms with Gasteiger partial charge in [-0.15, -0.1) is 0 Å². The Morgan fingerprint density at radius 3 is 1.31 bits per heavy atom. The molecule has 10 heteroatoms. The second kappa shape index (κ2) is 14.7. The van der Waals surface area contributed by atoms with Crippen LogP contribution < -0.4 is 0 Å². The van der Waals surface area contributed by atoms with Crippen molar-refractivity contribution in [2.75, 3.05) is 37.9 Å². The normalized spacial score (nSPS) is 20.1. The first-order valence-corrected chi connectivity index (χ1v) is 18.3. The van der Waals surface area contributed by atoms with Crippen LogP contribution in [0, 0.1) is 10.8 Å². The molecule has 0 bridgehead atoms. The molecule has 2 atom stereocenters. The highest BCUT2D eigenvalue weighted by atomic mass is 32.2. The fourth-order valence-corrected chi connectivity index (χ4v) is 9.21. The summed E-state index contributed by atoms with van der Waals surface area (Å²) < 4.78 is 63.1. The molecular formula is C32H50O8S2. The lowest BCUT2D eigenvalue weighted by Gasteiger charge is -2.32. The Hall–Kier alpha value is -1.88. The van der Waals surface area contributed by atoms with Gasteiger partial charge in [0.15, 0.2) is 31.2 Å². The molecule has 0 saturated carbocycles. The Morgan fingerprint density at radius 1 is 0.690 bits per heavy atom. The lowest BCUT2D eigenvalue weighted by Crippen LogP contribution is -2.38. The number of rotatable bonds is 17. The Bertz CT molecular complexity index is 1240. The number of hydrogen-bond acceptors (Lipinski definition) is 8. The molecule has 0 aromatic rings. The first-order valence-electron chi connectivity index (χ1n) is 14.9. The van der Waals surface area contributed by atoms with Gasteiger partial charge in [-0.1, -0.05) is 65.8 Å². The Morgan fingerprint density at radius 2 is 1.02 bits per heavy atom. The van der Waals surface area contributed by atoms with Gasteiger partial charge in [0.2, 0.25) is 0 Å². The summed E-state index contributed by atoms with van der Waals surface area (Å²) in [7, 11) is -7.49. The standard InChI is InChI=1S/C32H50O8S2/c1-9-25(29(33)27-23(3)13-11-15-31(27,5)6)41(35,36)21-19-39-17-18-40-20-22-42(37,38)26(10-2)30(34)28-24(4)14-12-16-32(28,7)8/h11-14,25-26H,9-10,15-22H2,1-8H3. The van der Waals surface area contributed by atoms with E-state index >= 15 is 0 Å². The molecule has 0 spiro atoms. The van der Waals surface area contributed by atoms with Gasteiger partial charge >= 0.3 is 0 Å². The molecule has 0 amide bonds. The number of ketones is 2. The van der Waals surface area contributed by atoms with Crippen LogP contribution in [0.25, 0.3) is 0 Å². The third-order valence-corrected chi connectivity index (χ3v) is 12.5. The van der Waals surface area contributed by atoms with Gasteiger partial charge in [-0.2, -0.15) is 0 Å². The van der Waals surface area contributed by atoms with Crippen molar-refractivity contribution < 1.29 is 35.9 Å². The molecule has 2 aliphatic carbocycles. The lowest BCUT2D eigenvalue weighted by molar-refractivity contribution is -0.117. The molecule has 2 rings (SSSR count). The van der Waals surface area contributed by atoms with Crippen molar-refractivity contribution >= 4 is 31.2 Å². The zero-order chi connectivity index (χ0) is 31.9. The Balaban J connectivity index is 1.84. The average Bonchev–Trinajstić information content (AvgIpc) is 2.84. The number of ether oxygens (including phenoxy) is 2. The van der Waals surface area contributed by atoms with Crippen LogP contribution >= 0.6 is 0 Å². The van der Waals surface area contributed by atoms with E-state index < -0.39 is 41.0 Å². The average molecular weight is 627 g/mol. The highest BCUT2D eigenvalue weighted by Gasteiger charge is 2.40. The zero-order valence-electron chi connectivity index (χ0n) is 26.6. The Labute approximate surface area is 253 Å². The predicted molar refractivity (Wildman–Crippen MR) is 168 cm³/mol. The van der Waals surface area contributed by atoms with Gasteiger partial charge in [0, 0.05) is 11.1 Å². The predicted octanol–water partition coefficient (Wildman–Crippen LogP) is 5.15. The molecular weight excluding hydrogens is 576 g/mol. The first kappa shape index (κ1) is 36.3. The SMILES string of the molecule is CCC(C(=O)C1=C(C)C=CCC1(C)C)S(=O)(=O)CCOCCOCCS(=O)(=O)C(CC)C(=O)C1=C(C)C=CCC1(C)C. The molecule has 2 unspecified atom stereocenters. The summed E-state index contributed by atoms with van der Waals surface area (Å²) in [6, 6.07) is 0. The van der Waals surface area contributed by atoms with Gasteiger partial charge < -0.3 is 9.47 Å². The van der Waals surface area contributed by atoms with Crippen molar-refractivity contribution in [3.63, 3.8) is 0 Å². The molecule has 238 valence electrons. The van der Waals surface area contributed by atoms with Crippen molar-refractivity contribution in [2.24, 2.45) is 10.8 Å². The van der Waals surface area contributed by atoms with E-state index in [1.54, 1.807) is 13.8 Å². The van der Waals surface area contributed by atoms with E-state index in [4.69, 9.17) is 9.47 Å². The van der Waals surface area contributed by atoms with Gasteiger partial charge in [-0.3, -0.25) is 9.59 Å². The number of hydrogen-bond donors (Lipinski definition) is 0. The van der Waals surface area contributed by atoms with E-state index in [1.165, 1.54) is 0 Å². The van der Waals surface area contributed by atoms with Crippen molar-refractivity contribution in [1.82, 2.24) is 0 Å². The molecule has 0 aliphatic heterocycles. The van der Waals surface area contributed by atoms with Crippen LogP contribution in [0.1, 0.15) is 81.1 Å². The molecule has 2 aliphatic rings. The van der Waals surface area contributed by atoms with Gasteiger partial charge in [0.1, 0.15) is 10.5 Å². The Kier molecular flexibility index (Phi) is 12.7. The van der Waals surface area contributed by atoms with Crippen molar-refractivity contribution in [3.8, 4) is 0 Å². The van der Waals surface area contributed by atoms with Gasteiger partial charge in [0.25, 0.3) is 0 Å². The fourth-order valence-electron chi connectivity index (χ4n) is 6.04. The highest BCUT2D eigenvalue weighted by molar-refractivity contribution is 7.93. The maximum Gasteiger partial charge on any atom is 0.177 e. The number of Topliss-reactive ketones (excluding diaryl/α,β-unsaturated/α-hetero) is 2. The van der Waals surface area contributed by atoms with Crippen LogP contribution in [0.15, 0.2) is 46.6 Å². The van der Waals surface area contributed by atoms with Gasteiger partial charge in [-0.05, 0) is 61.5 Å². The number of sulfone groups is 2. The number of carbonyl (C=O) groups is 2. The minimum Gasteiger partial charge on any atom is -0.378 e. The van der Waals surface area contributed by atoms with Gasteiger partial charge in [-0.25, -0.2) is 16.8 Å². The maximum atomic E-state index is 13.3. The van der Waals surface area contributed by atoms with Crippen LogP contribution in [0.4, 0.5) is 0 Å². The minimum atomic E-state index is -3.75. The molecule has 0 aromatic heterocycles. The topological polar surface area (TPSA) is 121 Å². The summed E-state index contributed by atoms with van der Waals surface area (Å²) in [6.07, 6.45) is 9.47. The van der Waals surface area contributed by atoms with Crippen LogP contribution in [0.3, 0.4) is 0 Å². The van der Waals surface area contributed by atoms with E-state index in [1.807, 2.05) is 65.8 Å². The summed E-state index contributed by atoms with van der Waals surface area (Å²) in [5.74, 6) is -1.27. The molecule has 0 radical (unpaired) electrons. The molecule has 42 heavy (non-hydrogen) atoms. The first-order chi connectivity index (χ1) is 19.4. The van der Waals surface area contributed by atoms with E-state index in [0.29, 0.717) is 24.0 Å². The van der Waals surface area contributed by atoms with Crippen LogP contribution in [-0.2, 0) is 38.7 Å². The maximum absolute atomic E-state index is 13.3. The van der Waals surface area contributed by atoms with Crippen LogP contribution in [0.5, 0.6) is 0 Å². The molecule has 0 saturated heterocycles. The fraction of sp³-hybridized carbons (Fsp3) is 0.688. The highest BCUT2D eigenvalue weighted by Crippen LogP contribution is 2.40. The second-order valence-corrected chi connectivity index (χ2v) is 17.2. The third-order valence-electron chi connectivity index (χ3n) is 8.22. The second-order valence-electron chi connectivity index (χ2n) is 12.6. The van der Waals surface area contributed by atoms with Crippen LogP contribution in [-0.4, -0.2) is 76.8 Å². The molecule has 0 aromatic carbocycles. The molecule has 0 fully saturated rings. The minimum absolute atomic E-state index is 0.0745. The van der Waals surface area contributed by atoms with Crippen molar-refractivity contribution in [2.45, 2.75) is 91.6 Å². The quantitative estimate of drug-likeness (QED) is 0.203. The van der Waals surface area contributed by atoms with Crippen LogP contribution in [0.2, 0.25) is 0 Å². The summed E-state index contributed by atoms with van der Waals surface area (Å²) in [5, 5.41) is -2.25. The van der Waals surface area contributed by atoms with E-state index in [9.17, 15) is 26.4 Å². The zero-order valence-corrected chi connectivity index (χ0v) is 28.3. The third kappa shape index (κ3) is 8.83. The largest absolute Gasteiger partial charge is 0.378 e.